The molecule has 1 spiro atoms. The molecule has 0 bridgehead atoms. The summed E-state index contributed by atoms with van der Waals surface area (Å²) in [6, 6.07) is 6.95. The van der Waals surface area contributed by atoms with Crippen LogP contribution in [0, 0.1) is 5.41 Å². The monoisotopic (exact) mass is 399 g/mol. The molecule has 6 heteroatoms. The summed E-state index contributed by atoms with van der Waals surface area (Å²) < 4.78 is 16.7. The fourth-order valence-electron chi connectivity index (χ4n) is 4.59. The molecule has 3 heterocycles. The summed E-state index contributed by atoms with van der Waals surface area (Å²) >= 11 is 0. The molecule has 2 aliphatic heterocycles. The van der Waals surface area contributed by atoms with Crippen molar-refractivity contribution in [3.63, 3.8) is 0 Å². The number of carbonyl (C=O) groups is 1. The first-order chi connectivity index (χ1) is 14.0. The molecule has 0 saturated carbocycles. The van der Waals surface area contributed by atoms with E-state index in [1.165, 1.54) is 6.07 Å². The summed E-state index contributed by atoms with van der Waals surface area (Å²) in [5.41, 5.74) is 1.42. The maximum Gasteiger partial charge on any atom is 0.336 e. The molecule has 4 rings (SSSR count). The molecule has 2 aromatic rings. The summed E-state index contributed by atoms with van der Waals surface area (Å²) in [4.78, 5) is 26.6. The van der Waals surface area contributed by atoms with Crippen molar-refractivity contribution < 1.29 is 18.7 Å². The van der Waals surface area contributed by atoms with E-state index in [2.05, 4.69) is 0 Å². The van der Waals surface area contributed by atoms with Crippen molar-refractivity contribution in [2.45, 2.75) is 52.1 Å². The lowest BCUT2D eigenvalue weighted by Crippen LogP contribution is -2.48. The first-order valence-corrected chi connectivity index (χ1v) is 10.6. The molecule has 0 N–H and O–H groups in total. The number of amides is 1. The van der Waals surface area contributed by atoms with Crippen molar-refractivity contribution in [1.29, 1.82) is 0 Å². The van der Waals surface area contributed by atoms with Gasteiger partial charge in [0, 0.05) is 43.8 Å². The summed E-state index contributed by atoms with van der Waals surface area (Å²) in [5, 5.41) is 0.899. The number of aryl methyl sites for hydroxylation is 1. The van der Waals surface area contributed by atoms with Crippen LogP contribution in [0.15, 0.2) is 33.5 Å². The van der Waals surface area contributed by atoms with Gasteiger partial charge >= 0.3 is 5.63 Å². The topological polar surface area (TPSA) is 69.0 Å². The lowest BCUT2D eigenvalue weighted by molar-refractivity contribution is -0.141. The van der Waals surface area contributed by atoms with E-state index in [0.29, 0.717) is 16.7 Å². The second-order valence-electron chi connectivity index (χ2n) is 8.30. The lowest BCUT2D eigenvalue weighted by atomic mass is 9.72. The maximum atomic E-state index is 12.9. The summed E-state index contributed by atoms with van der Waals surface area (Å²) in [7, 11) is 0. The molecule has 0 radical (unpaired) electrons. The van der Waals surface area contributed by atoms with Gasteiger partial charge in [0.15, 0.2) is 6.10 Å². The molecule has 2 fully saturated rings. The quantitative estimate of drug-likeness (QED) is 0.736. The molecule has 1 amide bonds. The molecular formula is C23H29NO5. The van der Waals surface area contributed by atoms with Gasteiger partial charge in [-0.25, -0.2) is 4.79 Å². The van der Waals surface area contributed by atoms with Gasteiger partial charge in [-0.05, 0) is 62.1 Å². The average molecular weight is 399 g/mol. The van der Waals surface area contributed by atoms with Gasteiger partial charge in [-0.1, -0.05) is 6.92 Å². The Labute approximate surface area is 170 Å². The Balaban J connectivity index is 1.42. The third kappa shape index (κ3) is 4.17. The van der Waals surface area contributed by atoms with E-state index in [9.17, 15) is 9.59 Å². The van der Waals surface area contributed by atoms with E-state index in [4.69, 9.17) is 13.9 Å². The third-order valence-corrected chi connectivity index (χ3v) is 6.53. The van der Waals surface area contributed by atoms with Gasteiger partial charge in [0.1, 0.15) is 11.3 Å². The van der Waals surface area contributed by atoms with Gasteiger partial charge in [-0.15, -0.1) is 0 Å². The zero-order chi connectivity index (χ0) is 20.4. The minimum Gasteiger partial charge on any atom is -0.481 e. The number of piperidine rings is 1. The Bertz CT molecular complexity index is 934. The lowest BCUT2D eigenvalue weighted by Gasteiger charge is -2.44. The Morgan fingerprint density at radius 1 is 1.17 bits per heavy atom. The van der Waals surface area contributed by atoms with Crippen molar-refractivity contribution in [3.05, 3.63) is 40.2 Å². The highest BCUT2D eigenvalue weighted by molar-refractivity contribution is 5.83. The van der Waals surface area contributed by atoms with Crippen LogP contribution in [-0.2, 0) is 16.0 Å². The van der Waals surface area contributed by atoms with Crippen LogP contribution < -0.4 is 10.4 Å². The molecule has 1 unspecified atom stereocenters. The molecule has 1 aromatic heterocycles. The van der Waals surface area contributed by atoms with Crippen LogP contribution >= 0.6 is 0 Å². The number of benzene rings is 1. The SMILES string of the molecule is CCc1cc(=O)oc2cc(OC(C)C(=O)N3CCC4(CCOCC4)CC3)ccc12. The Hall–Kier alpha value is -2.34. The minimum atomic E-state index is -0.586. The van der Waals surface area contributed by atoms with E-state index >= 15 is 0 Å². The number of likely N-dealkylation sites (tertiary alicyclic amines) is 1. The van der Waals surface area contributed by atoms with Crippen molar-refractivity contribution in [2.24, 2.45) is 5.41 Å². The van der Waals surface area contributed by atoms with Crippen LogP contribution in [0.4, 0.5) is 0 Å². The van der Waals surface area contributed by atoms with Crippen LogP contribution in [0.1, 0.15) is 45.1 Å². The molecular weight excluding hydrogens is 370 g/mol. The summed E-state index contributed by atoms with van der Waals surface area (Å²) in [6.45, 7) is 7.01. The number of rotatable bonds is 4. The summed E-state index contributed by atoms with van der Waals surface area (Å²) in [5.74, 6) is 0.545. The number of nitrogens with zero attached hydrogens (tertiary/aromatic N) is 1. The number of hydrogen-bond donors (Lipinski definition) is 0. The van der Waals surface area contributed by atoms with Crippen LogP contribution in [0.25, 0.3) is 11.0 Å². The van der Waals surface area contributed by atoms with Crippen LogP contribution in [-0.4, -0.2) is 43.2 Å². The average Bonchev–Trinajstić information content (AvgIpc) is 2.73. The van der Waals surface area contributed by atoms with Gasteiger partial charge in [0.2, 0.25) is 0 Å². The van der Waals surface area contributed by atoms with Crippen molar-refractivity contribution >= 4 is 16.9 Å². The molecule has 1 aromatic carbocycles. The Kier molecular flexibility index (Phi) is 5.63. The second kappa shape index (κ2) is 8.19. The van der Waals surface area contributed by atoms with E-state index in [1.54, 1.807) is 13.0 Å². The highest BCUT2D eigenvalue weighted by atomic mass is 16.5. The number of hydrogen-bond acceptors (Lipinski definition) is 5. The normalized spacial score (nSPS) is 20.0. The molecule has 0 aliphatic carbocycles. The first kappa shape index (κ1) is 20.0. The van der Waals surface area contributed by atoms with Gasteiger partial charge in [-0.3, -0.25) is 4.79 Å². The first-order valence-electron chi connectivity index (χ1n) is 10.6. The van der Waals surface area contributed by atoms with Crippen LogP contribution in [0.5, 0.6) is 5.75 Å². The van der Waals surface area contributed by atoms with Crippen molar-refractivity contribution in [1.82, 2.24) is 4.90 Å². The predicted octanol–water partition coefficient (Wildman–Crippen LogP) is 3.54. The predicted molar refractivity (Wildman–Crippen MR) is 110 cm³/mol. The number of carbonyl (C=O) groups excluding carboxylic acids is 1. The molecule has 2 saturated heterocycles. The van der Waals surface area contributed by atoms with Crippen molar-refractivity contribution in [2.75, 3.05) is 26.3 Å². The smallest absolute Gasteiger partial charge is 0.336 e. The molecule has 6 nitrogen and oxygen atoms in total. The fraction of sp³-hybridized carbons (Fsp3) is 0.565. The van der Waals surface area contributed by atoms with E-state index < -0.39 is 6.10 Å². The number of ether oxygens (including phenoxy) is 2. The second-order valence-corrected chi connectivity index (χ2v) is 8.30. The highest BCUT2D eigenvalue weighted by Crippen LogP contribution is 2.40. The van der Waals surface area contributed by atoms with E-state index in [1.807, 2.05) is 24.0 Å². The standard InChI is InChI=1S/C23H29NO5/c1-3-17-14-21(25)29-20-15-18(4-5-19(17)20)28-16(2)22(26)24-10-6-23(7-11-24)8-12-27-13-9-23/h4-5,14-16H,3,6-13H2,1-2H3. The molecule has 156 valence electrons. The largest absolute Gasteiger partial charge is 0.481 e. The fourth-order valence-corrected chi connectivity index (χ4v) is 4.59. The molecule has 2 aliphatic rings. The van der Waals surface area contributed by atoms with Crippen molar-refractivity contribution in [3.8, 4) is 5.75 Å². The zero-order valence-electron chi connectivity index (χ0n) is 17.2. The van der Waals surface area contributed by atoms with E-state index in [-0.39, 0.29) is 11.5 Å². The summed E-state index contributed by atoms with van der Waals surface area (Å²) in [6.07, 6.45) is 4.44. The Morgan fingerprint density at radius 3 is 2.59 bits per heavy atom. The molecule has 1 atom stereocenters. The Morgan fingerprint density at radius 2 is 1.90 bits per heavy atom. The molecule has 29 heavy (non-hydrogen) atoms. The van der Waals surface area contributed by atoms with Gasteiger partial charge < -0.3 is 18.8 Å². The van der Waals surface area contributed by atoms with E-state index in [0.717, 1.165) is 69.4 Å². The van der Waals surface area contributed by atoms with Gasteiger partial charge in [0.25, 0.3) is 5.91 Å². The van der Waals surface area contributed by atoms with Crippen LogP contribution in [0.2, 0.25) is 0 Å². The highest BCUT2D eigenvalue weighted by Gasteiger charge is 2.38. The maximum absolute atomic E-state index is 12.9. The van der Waals surface area contributed by atoms with Gasteiger partial charge in [-0.2, -0.15) is 0 Å². The van der Waals surface area contributed by atoms with Crippen LogP contribution in [0.3, 0.4) is 0 Å². The number of fused-ring (bicyclic) bond motifs is 1. The van der Waals surface area contributed by atoms with Gasteiger partial charge in [0.05, 0.1) is 0 Å². The zero-order valence-corrected chi connectivity index (χ0v) is 17.2. The minimum absolute atomic E-state index is 0.00997. The third-order valence-electron chi connectivity index (χ3n) is 6.53.